The van der Waals surface area contributed by atoms with Crippen LogP contribution in [0.2, 0.25) is 0 Å². The molecule has 1 atom stereocenters. The molecule has 0 saturated carbocycles. The minimum Gasteiger partial charge on any atom is -0.336 e. The molecule has 86 valence electrons. The van der Waals surface area contributed by atoms with Gasteiger partial charge in [0.05, 0.1) is 18.1 Å². The average Bonchev–Trinajstić information content (AvgIpc) is 2.84. The fraction of sp³-hybridized carbons (Fsp3) is 0.364. The Labute approximate surface area is 108 Å². The van der Waals surface area contributed by atoms with E-state index in [0.717, 1.165) is 10.9 Å². The van der Waals surface area contributed by atoms with Crippen molar-refractivity contribution in [3.63, 3.8) is 0 Å². The van der Waals surface area contributed by atoms with Gasteiger partial charge in [-0.3, -0.25) is 0 Å². The first kappa shape index (κ1) is 11.8. The van der Waals surface area contributed by atoms with Gasteiger partial charge in [0, 0.05) is 34.4 Å². The first-order chi connectivity index (χ1) is 7.70. The van der Waals surface area contributed by atoms with E-state index in [1.807, 2.05) is 26.6 Å². The highest BCUT2D eigenvalue weighted by atomic mass is 79.9. The van der Waals surface area contributed by atoms with Crippen LogP contribution in [0.15, 0.2) is 28.4 Å². The quantitative estimate of drug-likeness (QED) is 0.941. The molecule has 0 aliphatic carbocycles. The Morgan fingerprint density at radius 3 is 2.94 bits per heavy atom. The summed E-state index contributed by atoms with van der Waals surface area (Å²) in [7, 11) is 4.01. The van der Waals surface area contributed by atoms with Crippen LogP contribution in [-0.4, -0.2) is 16.6 Å². The highest BCUT2D eigenvalue weighted by Crippen LogP contribution is 2.25. The number of aromatic nitrogens is 2. The van der Waals surface area contributed by atoms with Crippen molar-refractivity contribution in [1.29, 1.82) is 0 Å². The van der Waals surface area contributed by atoms with Crippen LogP contribution in [-0.2, 0) is 13.5 Å². The van der Waals surface area contributed by atoms with Gasteiger partial charge in [0.2, 0.25) is 0 Å². The van der Waals surface area contributed by atoms with Gasteiger partial charge in [-0.25, -0.2) is 4.98 Å². The van der Waals surface area contributed by atoms with Gasteiger partial charge < -0.3 is 9.88 Å². The molecule has 2 rings (SSSR count). The zero-order chi connectivity index (χ0) is 11.5. The number of halogens is 1. The molecule has 0 aliphatic heterocycles. The van der Waals surface area contributed by atoms with Gasteiger partial charge in [0.25, 0.3) is 0 Å². The lowest BCUT2D eigenvalue weighted by atomic mass is 10.1. The number of nitrogens with zero attached hydrogens (tertiary/aromatic N) is 2. The predicted molar refractivity (Wildman–Crippen MR) is 70.7 cm³/mol. The number of rotatable bonds is 4. The number of nitrogens with one attached hydrogen (secondary N) is 1. The van der Waals surface area contributed by atoms with E-state index in [9.17, 15) is 0 Å². The van der Waals surface area contributed by atoms with E-state index in [1.54, 1.807) is 11.3 Å². The van der Waals surface area contributed by atoms with E-state index in [1.165, 1.54) is 10.6 Å². The van der Waals surface area contributed by atoms with Gasteiger partial charge >= 0.3 is 0 Å². The first-order valence-electron chi connectivity index (χ1n) is 5.07. The van der Waals surface area contributed by atoms with E-state index in [2.05, 4.69) is 42.2 Å². The largest absolute Gasteiger partial charge is 0.336 e. The smallest absolute Gasteiger partial charge is 0.0946 e. The molecule has 1 N–H and O–H groups in total. The highest BCUT2D eigenvalue weighted by Gasteiger charge is 2.14. The van der Waals surface area contributed by atoms with Gasteiger partial charge in [0.15, 0.2) is 0 Å². The molecule has 0 bridgehead atoms. The molecule has 2 aromatic rings. The summed E-state index contributed by atoms with van der Waals surface area (Å²) in [5, 5.41) is 5.45. The lowest BCUT2D eigenvalue weighted by Crippen LogP contribution is -2.20. The van der Waals surface area contributed by atoms with Crippen molar-refractivity contribution < 1.29 is 0 Å². The molecular weight excluding hydrogens is 286 g/mol. The maximum absolute atomic E-state index is 4.15. The molecule has 0 aliphatic rings. The molecule has 1 unspecified atom stereocenters. The second kappa shape index (κ2) is 5.12. The fourth-order valence-corrected chi connectivity index (χ4v) is 3.22. The second-order valence-corrected chi connectivity index (χ2v) is 5.62. The summed E-state index contributed by atoms with van der Waals surface area (Å²) in [6.45, 7) is 0. The van der Waals surface area contributed by atoms with Crippen molar-refractivity contribution in [3.8, 4) is 0 Å². The molecule has 0 fully saturated rings. The Kier molecular flexibility index (Phi) is 3.78. The van der Waals surface area contributed by atoms with Crippen LogP contribution in [0, 0.1) is 0 Å². The minimum atomic E-state index is 0.318. The minimum absolute atomic E-state index is 0.318. The molecule has 3 nitrogen and oxygen atoms in total. The van der Waals surface area contributed by atoms with Crippen LogP contribution < -0.4 is 5.32 Å². The number of likely N-dealkylation sites (N-methyl/N-ethyl adjacent to an activating group) is 1. The SMILES string of the molecule is CNC(Cc1cc(Br)cs1)c1cncn1C. The second-order valence-electron chi connectivity index (χ2n) is 3.71. The van der Waals surface area contributed by atoms with Crippen molar-refractivity contribution >= 4 is 27.3 Å². The average molecular weight is 300 g/mol. The molecule has 0 amide bonds. The summed E-state index contributed by atoms with van der Waals surface area (Å²) in [6, 6.07) is 2.49. The maximum Gasteiger partial charge on any atom is 0.0946 e. The summed E-state index contributed by atoms with van der Waals surface area (Å²) in [5.74, 6) is 0. The Bertz CT molecular complexity index is 463. The van der Waals surface area contributed by atoms with Crippen molar-refractivity contribution in [2.75, 3.05) is 7.05 Å². The molecule has 5 heteroatoms. The molecule has 2 aromatic heterocycles. The van der Waals surface area contributed by atoms with E-state index in [0.29, 0.717) is 6.04 Å². The normalized spacial score (nSPS) is 12.9. The van der Waals surface area contributed by atoms with E-state index in [-0.39, 0.29) is 0 Å². The number of hydrogen-bond donors (Lipinski definition) is 1. The Morgan fingerprint density at radius 2 is 2.44 bits per heavy atom. The molecule has 16 heavy (non-hydrogen) atoms. The van der Waals surface area contributed by atoms with Crippen molar-refractivity contribution in [2.24, 2.45) is 7.05 Å². The van der Waals surface area contributed by atoms with Crippen LogP contribution in [0.5, 0.6) is 0 Å². The maximum atomic E-state index is 4.15. The lowest BCUT2D eigenvalue weighted by Gasteiger charge is -2.15. The molecule has 0 radical (unpaired) electrons. The third-order valence-corrected chi connectivity index (χ3v) is 4.31. The van der Waals surface area contributed by atoms with Crippen LogP contribution >= 0.6 is 27.3 Å². The predicted octanol–water partition coefficient (Wildman–Crippen LogP) is 2.75. The van der Waals surface area contributed by atoms with Crippen molar-refractivity contribution in [1.82, 2.24) is 14.9 Å². The van der Waals surface area contributed by atoms with Gasteiger partial charge in [-0.15, -0.1) is 11.3 Å². The van der Waals surface area contributed by atoms with Crippen molar-refractivity contribution in [3.05, 3.63) is 39.0 Å². The number of aryl methyl sites for hydroxylation is 1. The number of thiophene rings is 1. The summed E-state index contributed by atoms with van der Waals surface area (Å²) in [5.41, 5.74) is 1.21. The topological polar surface area (TPSA) is 29.9 Å². The summed E-state index contributed by atoms with van der Waals surface area (Å²) < 4.78 is 3.22. The molecule has 2 heterocycles. The number of hydrogen-bond acceptors (Lipinski definition) is 3. The zero-order valence-electron chi connectivity index (χ0n) is 9.27. The van der Waals surface area contributed by atoms with Gasteiger partial charge in [-0.05, 0) is 29.0 Å². The van der Waals surface area contributed by atoms with Gasteiger partial charge in [-0.2, -0.15) is 0 Å². The summed E-state index contributed by atoms with van der Waals surface area (Å²) >= 11 is 5.26. The fourth-order valence-electron chi connectivity index (χ4n) is 1.72. The van der Waals surface area contributed by atoms with Crippen LogP contribution in [0.1, 0.15) is 16.6 Å². The summed E-state index contributed by atoms with van der Waals surface area (Å²) in [6.07, 6.45) is 4.75. The van der Waals surface area contributed by atoms with Gasteiger partial charge in [0.1, 0.15) is 0 Å². The van der Waals surface area contributed by atoms with Crippen LogP contribution in [0.3, 0.4) is 0 Å². The Balaban J connectivity index is 2.15. The molecule has 0 spiro atoms. The highest BCUT2D eigenvalue weighted by molar-refractivity contribution is 9.10. The van der Waals surface area contributed by atoms with E-state index < -0.39 is 0 Å². The van der Waals surface area contributed by atoms with Crippen LogP contribution in [0.4, 0.5) is 0 Å². The zero-order valence-corrected chi connectivity index (χ0v) is 11.7. The monoisotopic (exact) mass is 299 g/mol. The standard InChI is InChI=1S/C11H14BrN3S/c1-13-10(11-5-14-7-15(11)2)4-9-3-8(12)6-16-9/h3,5-7,10,13H,4H2,1-2H3. The van der Waals surface area contributed by atoms with Gasteiger partial charge in [-0.1, -0.05) is 0 Å². The molecule has 0 aromatic carbocycles. The third kappa shape index (κ3) is 2.53. The molecular formula is C11H14BrN3S. The number of imidazole rings is 1. The van der Waals surface area contributed by atoms with Crippen molar-refractivity contribution in [2.45, 2.75) is 12.5 Å². The first-order valence-corrected chi connectivity index (χ1v) is 6.74. The van der Waals surface area contributed by atoms with E-state index in [4.69, 9.17) is 0 Å². The Morgan fingerprint density at radius 1 is 1.62 bits per heavy atom. The third-order valence-electron chi connectivity index (χ3n) is 2.59. The Hall–Kier alpha value is -0.650. The molecule has 0 saturated heterocycles. The lowest BCUT2D eigenvalue weighted by molar-refractivity contribution is 0.558. The summed E-state index contributed by atoms with van der Waals surface area (Å²) in [4.78, 5) is 5.52. The van der Waals surface area contributed by atoms with Crippen LogP contribution in [0.25, 0.3) is 0 Å². The van der Waals surface area contributed by atoms with E-state index >= 15 is 0 Å².